The Hall–Kier alpha value is -2.12. The Morgan fingerprint density at radius 1 is 1.14 bits per heavy atom. The number of carbonyl (C=O) groups excluding carboxylic acids is 4. The number of carbonyl (C=O) groups is 4. The van der Waals surface area contributed by atoms with Crippen LogP contribution in [0.4, 0.5) is 4.79 Å². The molecule has 1 rings (SSSR count). The minimum atomic E-state index is -1.27. The molecule has 0 aromatic carbocycles. The average molecular weight is 301 g/mol. The van der Waals surface area contributed by atoms with Crippen molar-refractivity contribution in [2.45, 2.75) is 53.2 Å². The average Bonchev–Trinajstić information content (AvgIpc) is 2.68. The van der Waals surface area contributed by atoms with E-state index in [1.165, 1.54) is 0 Å². The zero-order chi connectivity index (χ0) is 16.2. The molecule has 21 heavy (non-hydrogen) atoms. The van der Waals surface area contributed by atoms with Crippen molar-refractivity contribution < 1.29 is 33.5 Å². The molecule has 1 aliphatic heterocycles. The van der Waals surface area contributed by atoms with E-state index < -0.39 is 35.6 Å². The lowest BCUT2D eigenvalue weighted by Gasteiger charge is -2.22. The third-order valence-corrected chi connectivity index (χ3v) is 2.58. The van der Waals surface area contributed by atoms with Gasteiger partial charge in [0.25, 0.3) is 18.1 Å². The van der Waals surface area contributed by atoms with Crippen molar-refractivity contribution in [3.8, 4) is 0 Å². The molecule has 1 saturated heterocycles. The van der Waals surface area contributed by atoms with Gasteiger partial charge in [-0.2, -0.15) is 0 Å². The standard InChI is InChI=1S/C13H19NO7/c1-5-10(19-11(17)13(2,3)4)20-12(18)21-14-8(15)6-7-9(14)16/h10H,5-7H2,1-4H3. The first-order valence-corrected chi connectivity index (χ1v) is 6.60. The smallest absolute Gasteiger partial charge is 0.425 e. The molecule has 8 nitrogen and oxygen atoms in total. The Morgan fingerprint density at radius 2 is 1.67 bits per heavy atom. The van der Waals surface area contributed by atoms with Crippen LogP contribution in [0.15, 0.2) is 0 Å². The summed E-state index contributed by atoms with van der Waals surface area (Å²) in [5, 5.41) is 0.362. The van der Waals surface area contributed by atoms with Gasteiger partial charge in [-0.3, -0.25) is 19.2 Å². The summed E-state index contributed by atoms with van der Waals surface area (Å²) in [6, 6.07) is 0. The van der Waals surface area contributed by atoms with Gasteiger partial charge in [-0.15, -0.1) is 0 Å². The van der Waals surface area contributed by atoms with Crippen LogP contribution in [-0.2, 0) is 28.7 Å². The van der Waals surface area contributed by atoms with Crippen molar-refractivity contribution in [3.63, 3.8) is 0 Å². The Bertz CT molecular complexity index is 436. The summed E-state index contributed by atoms with van der Waals surface area (Å²) in [5.41, 5.74) is -0.748. The van der Waals surface area contributed by atoms with Gasteiger partial charge in [-0.05, 0) is 20.8 Å². The topological polar surface area (TPSA) is 99.2 Å². The van der Waals surface area contributed by atoms with Crippen LogP contribution < -0.4 is 0 Å². The van der Waals surface area contributed by atoms with Crippen LogP contribution in [0.25, 0.3) is 0 Å². The van der Waals surface area contributed by atoms with E-state index in [1.54, 1.807) is 27.7 Å². The van der Waals surface area contributed by atoms with Crippen LogP contribution in [0.2, 0.25) is 0 Å². The first kappa shape index (κ1) is 16.9. The highest BCUT2D eigenvalue weighted by Gasteiger charge is 2.34. The van der Waals surface area contributed by atoms with Crippen molar-refractivity contribution in [2.24, 2.45) is 5.41 Å². The molecule has 1 fully saturated rings. The molecule has 0 aromatic rings. The number of nitrogens with zero attached hydrogens (tertiary/aromatic N) is 1. The summed E-state index contributed by atoms with van der Waals surface area (Å²) in [6.45, 7) is 6.60. The quantitative estimate of drug-likeness (QED) is 0.441. The number of rotatable bonds is 4. The first-order valence-electron chi connectivity index (χ1n) is 6.60. The third-order valence-electron chi connectivity index (χ3n) is 2.58. The molecular formula is C13H19NO7. The minimum Gasteiger partial charge on any atom is -0.425 e. The molecule has 0 saturated carbocycles. The highest BCUT2D eigenvalue weighted by Crippen LogP contribution is 2.18. The van der Waals surface area contributed by atoms with Crippen molar-refractivity contribution in [1.29, 1.82) is 0 Å². The van der Waals surface area contributed by atoms with Gasteiger partial charge in [0.15, 0.2) is 0 Å². The van der Waals surface area contributed by atoms with E-state index in [9.17, 15) is 19.2 Å². The van der Waals surface area contributed by atoms with Gasteiger partial charge in [0, 0.05) is 19.3 Å². The summed E-state index contributed by atoms with van der Waals surface area (Å²) < 4.78 is 9.78. The van der Waals surface area contributed by atoms with Gasteiger partial charge in [0.1, 0.15) is 0 Å². The summed E-state index contributed by atoms with van der Waals surface area (Å²) in [5.74, 6) is -1.77. The molecule has 118 valence electrons. The van der Waals surface area contributed by atoms with Crippen molar-refractivity contribution >= 4 is 23.9 Å². The summed E-state index contributed by atoms with van der Waals surface area (Å²) in [6.07, 6.45) is -2.23. The number of hydrogen-bond donors (Lipinski definition) is 0. The normalized spacial score (nSPS) is 16.7. The molecule has 1 heterocycles. The molecule has 0 aliphatic carbocycles. The lowest BCUT2D eigenvalue weighted by molar-refractivity contribution is -0.197. The van der Waals surface area contributed by atoms with E-state index in [2.05, 4.69) is 4.84 Å². The maximum atomic E-state index is 11.7. The third kappa shape index (κ3) is 4.73. The van der Waals surface area contributed by atoms with E-state index in [1.807, 2.05) is 0 Å². The van der Waals surface area contributed by atoms with Crippen LogP contribution in [0.5, 0.6) is 0 Å². The van der Waals surface area contributed by atoms with Gasteiger partial charge < -0.3 is 9.47 Å². The Morgan fingerprint density at radius 3 is 2.10 bits per heavy atom. The SMILES string of the molecule is CCC(OC(=O)ON1C(=O)CCC1=O)OC(=O)C(C)(C)C. The van der Waals surface area contributed by atoms with Gasteiger partial charge >= 0.3 is 12.1 Å². The van der Waals surface area contributed by atoms with Gasteiger partial charge in [-0.1, -0.05) is 12.0 Å². The number of hydroxylamine groups is 2. The monoisotopic (exact) mass is 301 g/mol. The molecule has 0 radical (unpaired) electrons. The predicted octanol–water partition coefficient (Wildman–Crippen LogP) is 1.53. The number of imide groups is 1. The van der Waals surface area contributed by atoms with Crippen LogP contribution in [0.1, 0.15) is 47.0 Å². The number of ether oxygens (including phenoxy) is 2. The molecule has 0 bridgehead atoms. The van der Waals surface area contributed by atoms with Crippen molar-refractivity contribution in [1.82, 2.24) is 5.06 Å². The van der Waals surface area contributed by atoms with Crippen molar-refractivity contribution in [2.75, 3.05) is 0 Å². The second-order valence-electron chi connectivity index (χ2n) is 5.53. The zero-order valence-electron chi connectivity index (χ0n) is 12.5. The van der Waals surface area contributed by atoms with E-state index in [0.29, 0.717) is 5.06 Å². The molecule has 1 atom stereocenters. The molecule has 0 N–H and O–H groups in total. The van der Waals surface area contributed by atoms with Gasteiger partial charge in [0.2, 0.25) is 0 Å². The van der Waals surface area contributed by atoms with E-state index in [0.717, 1.165) is 0 Å². The number of hydrogen-bond acceptors (Lipinski definition) is 7. The zero-order valence-corrected chi connectivity index (χ0v) is 12.5. The predicted molar refractivity (Wildman–Crippen MR) is 68.3 cm³/mol. The number of esters is 1. The molecule has 0 aromatic heterocycles. The summed E-state index contributed by atoms with van der Waals surface area (Å²) in [7, 11) is 0. The summed E-state index contributed by atoms with van der Waals surface area (Å²) in [4.78, 5) is 50.3. The summed E-state index contributed by atoms with van der Waals surface area (Å²) >= 11 is 0. The lowest BCUT2D eigenvalue weighted by atomic mass is 9.97. The maximum Gasteiger partial charge on any atom is 0.537 e. The first-order chi connectivity index (χ1) is 9.65. The van der Waals surface area contributed by atoms with Crippen LogP contribution in [0.3, 0.4) is 0 Å². The fraction of sp³-hybridized carbons (Fsp3) is 0.692. The molecule has 1 aliphatic rings. The van der Waals surface area contributed by atoms with E-state index in [-0.39, 0.29) is 19.3 Å². The van der Waals surface area contributed by atoms with Crippen LogP contribution >= 0.6 is 0 Å². The largest absolute Gasteiger partial charge is 0.537 e. The second-order valence-corrected chi connectivity index (χ2v) is 5.53. The Balaban J connectivity index is 2.53. The Kier molecular flexibility index (Phi) is 5.28. The fourth-order valence-electron chi connectivity index (χ4n) is 1.35. The second kappa shape index (κ2) is 6.55. The lowest BCUT2D eigenvalue weighted by Crippen LogP contribution is -2.35. The fourth-order valence-corrected chi connectivity index (χ4v) is 1.35. The number of amides is 2. The highest BCUT2D eigenvalue weighted by atomic mass is 16.9. The molecule has 0 spiro atoms. The van der Waals surface area contributed by atoms with E-state index >= 15 is 0 Å². The Labute approximate surface area is 122 Å². The molecular weight excluding hydrogens is 282 g/mol. The molecule has 1 unspecified atom stereocenters. The van der Waals surface area contributed by atoms with Gasteiger partial charge in [-0.25, -0.2) is 4.79 Å². The van der Waals surface area contributed by atoms with Crippen molar-refractivity contribution in [3.05, 3.63) is 0 Å². The molecule has 8 heteroatoms. The van der Waals surface area contributed by atoms with Gasteiger partial charge in [0.05, 0.1) is 5.41 Å². The maximum absolute atomic E-state index is 11.7. The van der Waals surface area contributed by atoms with E-state index in [4.69, 9.17) is 9.47 Å². The molecule has 2 amide bonds. The highest BCUT2D eigenvalue weighted by molar-refractivity contribution is 6.01. The van der Waals surface area contributed by atoms with Crippen LogP contribution in [-0.4, -0.2) is 35.3 Å². The van der Waals surface area contributed by atoms with Crippen LogP contribution in [0, 0.1) is 5.41 Å². The minimum absolute atomic E-state index is 0.0116.